The van der Waals surface area contributed by atoms with E-state index in [1.54, 1.807) is 24.3 Å². The average molecular weight is 472 g/mol. The number of nitrogens with one attached hydrogen (secondary N) is 1. The van der Waals surface area contributed by atoms with Gasteiger partial charge in [0.2, 0.25) is 0 Å². The van der Waals surface area contributed by atoms with Gasteiger partial charge in [-0.3, -0.25) is 25.0 Å². The van der Waals surface area contributed by atoms with Crippen LogP contribution >= 0.6 is 0 Å². The molecule has 0 aromatic heterocycles. The fraction of sp³-hybridized carbons (Fsp3) is 0.417. The minimum Gasteiger partial charge on any atom is -0.464 e. The summed E-state index contributed by atoms with van der Waals surface area (Å²) in [6.45, 7) is 2.35. The molecule has 1 atom stereocenters. The third-order valence-electron chi connectivity index (χ3n) is 5.20. The molecule has 10 nitrogen and oxygen atoms in total. The van der Waals surface area contributed by atoms with E-state index in [9.17, 15) is 29.8 Å². The van der Waals surface area contributed by atoms with Crippen LogP contribution in [0, 0.1) is 20.2 Å². The van der Waals surface area contributed by atoms with Crippen molar-refractivity contribution in [1.82, 2.24) is 5.32 Å². The van der Waals surface area contributed by atoms with Crippen LogP contribution in [0.5, 0.6) is 0 Å². The fourth-order valence-electron chi connectivity index (χ4n) is 3.38. The van der Waals surface area contributed by atoms with Gasteiger partial charge in [-0.05, 0) is 12.0 Å². The smallest absolute Gasteiger partial charge is 0.328 e. The van der Waals surface area contributed by atoms with Crippen molar-refractivity contribution in [2.45, 2.75) is 57.9 Å². The van der Waals surface area contributed by atoms with Gasteiger partial charge in [0.15, 0.2) is 0 Å². The molecule has 0 aliphatic heterocycles. The number of hydrogen-bond acceptors (Lipinski definition) is 7. The molecule has 34 heavy (non-hydrogen) atoms. The summed E-state index contributed by atoms with van der Waals surface area (Å²) in [7, 11) is 0. The number of nitro benzene ring substituents is 2. The number of esters is 1. The van der Waals surface area contributed by atoms with Gasteiger partial charge in [-0.15, -0.1) is 0 Å². The number of carbonyl (C=O) groups excluding carboxylic acids is 2. The molecule has 0 saturated heterocycles. The Morgan fingerprint density at radius 3 is 2.09 bits per heavy atom. The van der Waals surface area contributed by atoms with Gasteiger partial charge >= 0.3 is 5.97 Å². The van der Waals surface area contributed by atoms with E-state index in [0.717, 1.165) is 49.4 Å². The third-order valence-corrected chi connectivity index (χ3v) is 5.20. The molecular weight excluding hydrogens is 442 g/mol. The summed E-state index contributed by atoms with van der Waals surface area (Å²) in [5.74, 6) is -1.48. The highest BCUT2D eigenvalue weighted by Gasteiger charge is 2.26. The number of amides is 1. The van der Waals surface area contributed by atoms with Crippen LogP contribution < -0.4 is 5.32 Å². The van der Waals surface area contributed by atoms with Crippen LogP contribution in [0.2, 0.25) is 0 Å². The van der Waals surface area contributed by atoms with Crippen molar-refractivity contribution >= 4 is 23.3 Å². The normalized spacial score (nSPS) is 11.4. The van der Waals surface area contributed by atoms with Crippen LogP contribution in [0.4, 0.5) is 11.4 Å². The third kappa shape index (κ3) is 8.61. The maximum Gasteiger partial charge on any atom is 0.328 e. The standard InChI is InChI=1S/C24H29N3O7/c1-2-3-4-5-6-10-13-34-24(29)22(14-18-11-8-7-9-12-18)25-23(28)19-15-20(26(30)31)17-21(16-19)27(32)33/h7-9,11-12,15-17,22H,2-6,10,13-14H2,1H3,(H,25,28)/t22-/m0/s1. The molecule has 182 valence electrons. The van der Waals surface area contributed by atoms with Gasteiger partial charge in [0.05, 0.1) is 28.1 Å². The second-order valence-corrected chi connectivity index (χ2v) is 7.90. The van der Waals surface area contributed by atoms with Gasteiger partial charge in [0.25, 0.3) is 17.3 Å². The fourth-order valence-corrected chi connectivity index (χ4v) is 3.38. The number of nitrogens with zero attached hydrogens (tertiary/aromatic N) is 2. The molecule has 0 aliphatic rings. The molecule has 0 bridgehead atoms. The Labute approximate surface area is 197 Å². The predicted octanol–water partition coefficient (Wildman–Crippen LogP) is 4.75. The van der Waals surface area contributed by atoms with E-state index in [2.05, 4.69) is 12.2 Å². The number of nitro groups is 2. The molecule has 1 N–H and O–H groups in total. The van der Waals surface area contributed by atoms with E-state index in [0.29, 0.717) is 6.42 Å². The summed E-state index contributed by atoms with van der Waals surface area (Å²) in [4.78, 5) is 46.2. The Hall–Kier alpha value is -3.82. The minimum atomic E-state index is -1.06. The first kappa shape index (κ1) is 26.4. The van der Waals surface area contributed by atoms with Crippen molar-refractivity contribution in [2.75, 3.05) is 6.61 Å². The molecule has 0 heterocycles. The van der Waals surface area contributed by atoms with Crippen molar-refractivity contribution in [3.8, 4) is 0 Å². The number of benzene rings is 2. The van der Waals surface area contributed by atoms with E-state index < -0.39 is 39.1 Å². The molecule has 0 aliphatic carbocycles. The van der Waals surface area contributed by atoms with E-state index in [1.165, 1.54) is 6.42 Å². The Bertz CT molecular complexity index is 963. The maximum absolute atomic E-state index is 12.8. The predicted molar refractivity (Wildman–Crippen MR) is 125 cm³/mol. The van der Waals surface area contributed by atoms with Crippen molar-refractivity contribution in [3.05, 3.63) is 79.9 Å². The molecule has 10 heteroatoms. The summed E-state index contributed by atoms with van der Waals surface area (Å²) in [5.41, 5.74) is -0.703. The summed E-state index contributed by atoms with van der Waals surface area (Å²) in [5, 5.41) is 24.8. The highest BCUT2D eigenvalue weighted by atomic mass is 16.6. The molecule has 2 aromatic rings. The Morgan fingerprint density at radius 1 is 0.912 bits per heavy atom. The zero-order valence-electron chi connectivity index (χ0n) is 19.1. The van der Waals surface area contributed by atoms with E-state index in [1.807, 2.05) is 6.07 Å². The van der Waals surface area contributed by atoms with Crippen molar-refractivity contribution < 1.29 is 24.2 Å². The zero-order chi connectivity index (χ0) is 24.9. The number of ether oxygens (including phenoxy) is 1. The Balaban J connectivity index is 2.12. The lowest BCUT2D eigenvalue weighted by atomic mass is 10.0. The van der Waals surface area contributed by atoms with Crippen LogP contribution in [-0.2, 0) is 16.0 Å². The molecule has 0 unspecified atom stereocenters. The largest absolute Gasteiger partial charge is 0.464 e. The highest BCUT2D eigenvalue weighted by molar-refractivity contribution is 5.98. The lowest BCUT2D eigenvalue weighted by molar-refractivity contribution is -0.394. The SMILES string of the molecule is CCCCCCCCOC(=O)[C@H](Cc1ccccc1)NC(=O)c1cc([N+](=O)[O-])cc([N+](=O)[O-])c1. The summed E-state index contributed by atoms with van der Waals surface area (Å²) in [6, 6.07) is 10.6. The van der Waals surface area contributed by atoms with Gasteiger partial charge in [-0.2, -0.15) is 0 Å². The first-order valence-corrected chi connectivity index (χ1v) is 11.3. The molecular formula is C24H29N3O7. The minimum absolute atomic E-state index is 0.138. The molecule has 0 radical (unpaired) electrons. The van der Waals surface area contributed by atoms with Crippen LogP contribution in [-0.4, -0.2) is 34.4 Å². The van der Waals surface area contributed by atoms with E-state index in [-0.39, 0.29) is 18.6 Å². The molecule has 2 rings (SSSR count). The van der Waals surface area contributed by atoms with Gasteiger partial charge in [-0.25, -0.2) is 4.79 Å². The Morgan fingerprint density at radius 2 is 1.50 bits per heavy atom. The van der Waals surface area contributed by atoms with Crippen LogP contribution in [0.3, 0.4) is 0 Å². The first-order chi connectivity index (χ1) is 16.3. The lowest BCUT2D eigenvalue weighted by Crippen LogP contribution is -2.43. The van der Waals surface area contributed by atoms with Gasteiger partial charge in [-0.1, -0.05) is 69.4 Å². The van der Waals surface area contributed by atoms with Gasteiger partial charge < -0.3 is 10.1 Å². The zero-order valence-corrected chi connectivity index (χ0v) is 19.1. The molecule has 1 amide bonds. The highest BCUT2D eigenvalue weighted by Crippen LogP contribution is 2.23. The Kier molecular flexibility index (Phi) is 10.6. The second-order valence-electron chi connectivity index (χ2n) is 7.90. The lowest BCUT2D eigenvalue weighted by Gasteiger charge is -2.18. The quantitative estimate of drug-likeness (QED) is 0.181. The van der Waals surface area contributed by atoms with Crippen molar-refractivity contribution in [3.63, 3.8) is 0 Å². The van der Waals surface area contributed by atoms with E-state index in [4.69, 9.17) is 4.74 Å². The monoisotopic (exact) mass is 471 g/mol. The van der Waals surface area contributed by atoms with Crippen LogP contribution in [0.1, 0.15) is 61.4 Å². The summed E-state index contributed by atoms with van der Waals surface area (Å²) >= 11 is 0. The molecule has 0 fully saturated rings. The number of hydrogen-bond donors (Lipinski definition) is 1. The number of carbonyl (C=O) groups is 2. The topological polar surface area (TPSA) is 142 Å². The number of non-ortho nitro benzene ring substituents is 2. The van der Waals surface area contributed by atoms with Gasteiger partial charge in [0.1, 0.15) is 6.04 Å². The summed E-state index contributed by atoms with van der Waals surface area (Å²) in [6.07, 6.45) is 6.27. The molecule has 2 aromatic carbocycles. The maximum atomic E-state index is 12.8. The van der Waals surface area contributed by atoms with Crippen molar-refractivity contribution in [2.24, 2.45) is 0 Å². The average Bonchev–Trinajstić information content (AvgIpc) is 2.83. The van der Waals surface area contributed by atoms with Crippen LogP contribution in [0.25, 0.3) is 0 Å². The molecule has 0 saturated carbocycles. The second kappa shape index (κ2) is 13.7. The number of unbranched alkanes of at least 4 members (excludes halogenated alkanes) is 5. The number of rotatable bonds is 14. The van der Waals surface area contributed by atoms with Gasteiger partial charge in [0, 0.05) is 18.6 Å². The first-order valence-electron chi connectivity index (χ1n) is 11.3. The summed E-state index contributed by atoms with van der Waals surface area (Å²) < 4.78 is 5.37. The van der Waals surface area contributed by atoms with Crippen LogP contribution in [0.15, 0.2) is 48.5 Å². The van der Waals surface area contributed by atoms with Crippen molar-refractivity contribution in [1.29, 1.82) is 0 Å². The molecule has 0 spiro atoms. The van der Waals surface area contributed by atoms with E-state index >= 15 is 0 Å².